The van der Waals surface area contributed by atoms with E-state index in [4.69, 9.17) is 25.3 Å². The minimum Gasteiger partial charge on any atom is -0.338 e. The van der Waals surface area contributed by atoms with Crippen molar-refractivity contribution in [2.24, 2.45) is 0 Å². The Balaban J connectivity index is 2.13. The number of alkyl halides is 1. The van der Waals surface area contributed by atoms with E-state index in [0.29, 0.717) is 12.1 Å². The van der Waals surface area contributed by atoms with Crippen molar-refractivity contribution in [1.82, 2.24) is 9.88 Å². The molecule has 1 fully saturated rings. The topological polar surface area (TPSA) is 33.2 Å². The number of aryl methyl sites for hydroxylation is 2. The molecule has 0 atom stereocenters. The van der Waals surface area contributed by atoms with Gasteiger partial charge in [-0.3, -0.25) is 9.78 Å². The summed E-state index contributed by atoms with van der Waals surface area (Å²) < 4.78 is 114. The largest absolute Gasteiger partial charge is 0.338 e. The van der Waals surface area contributed by atoms with Crippen molar-refractivity contribution < 1.29 is 27.3 Å². The van der Waals surface area contributed by atoms with E-state index in [2.05, 4.69) is 4.98 Å². The zero-order chi connectivity index (χ0) is 28.4. The van der Waals surface area contributed by atoms with Gasteiger partial charge in [0.2, 0.25) is 0 Å². The van der Waals surface area contributed by atoms with Crippen LogP contribution >= 0.6 is 11.6 Å². The van der Waals surface area contributed by atoms with E-state index in [1.165, 1.54) is 12.3 Å². The predicted molar refractivity (Wildman–Crippen MR) is 102 cm³/mol. The summed E-state index contributed by atoms with van der Waals surface area (Å²) in [6, 6.07) is 5.37. The van der Waals surface area contributed by atoms with Crippen LogP contribution in [0.1, 0.15) is 60.9 Å². The Labute approximate surface area is 177 Å². The van der Waals surface area contributed by atoms with E-state index < -0.39 is 71.4 Å². The van der Waals surface area contributed by atoms with E-state index in [1.807, 2.05) is 0 Å². The summed E-state index contributed by atoms with van der Waals surface area (Å²) in [5.41, 5.74) is -4.01. The lowest BCUT2D eigenvalue weighted by Gasteiger charge is -2.36. The van der Waals surface area contributed by atoms with Gasteiger partial charge in [0.15, 0.2) is 0 Å². The maximum Gasteiger partial charge on any atom is 0.253 e. The molecule has 0 saturated carbocycles. The lowest BCUT2D eigenvalue weighted by molar-refractivity contribution is 0.0389. The van der Waals surface area contributed by atoms with Gasteiger partial charge in [0.1, 0.15) is 11.5 Å². The van der Waals surface area contributed by atoms with Crippen molar-refractivity contribution in [2.45, 2.75) is 44.6 Å². The number of pyridine rings is 1. The molecule has 0 N–H and O–H groups in total. The fraction of sp³-hybridized carbons (Fsp3) is 0.429. The summed E-state index contributed by atoms with van der Waals surface area (Å²) in [6.45, 7) is -6.11. The quantitative estimate of drug-likeness (QED) is 0.692. The second kappa shape index (κ2) is 8.34. The highest BCUT2D eigenvalue weighted by molar-refractivity contribution is 6.31. The Kier molecular flexibility index (Phi) is 3.25. The molecular weight excluding hydrogens is 370 g/mol. The van der Waals surface area contributed by atoms with Crippen LogP contribution < -0.4 is 0 Å². The van der Waals surface area contributed by atoms with Crippen molar-refractivity contribution in [3.8, 4) is 0 Å². The Morgan fingerprint density at radius 3 is 2.74 bits per heavy atom. The number of piperidine rings is 1. The van der Waals surface area contributed by atoms with Gasteiger partial charge in [-0.2, -0.15) is 0 Å². The molecule has 0 radical (unpaired) electrons. The molecule has 1 aliphatic heterocycles. The molecule has 144 valence electrons. The van der Waals surface area contributed by atoms with Crippen LogP contribution in [-0.2, 0) is 6.42 Å². The summed E-state index contributed by atoms with van der Waals surface area (Å²) in [6.07, 6.45) is -11.5. The fourth-order valence-electron chi connectivity index (χ4n) is 2.28. The number of hydrogen-bond acceptors (Lipinski definition) is 2. The number of hydrogen-bond donors (Lipinski definition) is 0. The number of carbonyl (C=O) groups excluding carboxylic acids is 1. The number of rotatable bonds is 5. The van der Waals surface area contributed by atoms with Gasteiger partial charge in [-0.05, 0) is 68.7 Å². The molecule has 1 aromatic carbocycles. The number of carbonyl (C=O) groups is 1. The van der Waals surface area contributed by atoms with Crippen molar-refractivity contribution >= 4 is 17.5 Å². The Morgan fingerprint density at radius 1 is 1.37 bits per heavy atom. The minimum atomic E-state index is -4.44. The van der Waals surface area contributed by atoms with E-state index in [0.717, 1.165) is 11.6 Å². The van der Waals surface area contributed by atoms with Gasteiger partial charge >= 0.3 is 0 Å². The average molecular weight is 403 g/mol. The molecule has 6 heteroatoms. The zero-order valence-corrected chi connectivity index (χ0v) is 15.1. The van der Waals surface area contributed by atoms with Crippen LogP contribution in [0.5, 0.6) is 0 Å². The smallest absolute Gasteiger partial charge is 0.253 e. The third kappa shape index (κ3) is 5.04. The zero-order valence-electron chi connectivity index (χ0n) is 24.3. The van der Waals surface area contributed by atoms with Crippen LogP contribution in [-0.4, -0.2) is 34.5 Å². The number of amides is 1. The molecule has 1 amide bonds. The van der Waals surface area contributed by atoms with Crippen LogP contribution in [0.25, 0.3) is 0 Å². The maximum atomic E-state index is 16.8. The van der Waals surface area contributed by atoms with E-state index in [9.17, 15) is 9.18 Å². The molecule has 1 saturated heterocycles. The summed E-state index contributed by atoms with van der Waals surface area (Å²) >= 11 is 5.65. The maximum absolute atomic E-state index is 16.8. The minimum absolute atomic E-state index is 0.269. The number of halogens is 3. The highest BCUT2D eigenvalue weighted by atomic mass is 35.5. The Bertz CT molecular complexity index is 1180. The van der Waals surface area contributed by atoms with Crippen LogP contribution in [0.3, 0.4) is 0 Å². The van der Waals surface area contributed by atoms with E-state index in [1.54, 1.807) is 13.0 Å². The lowest BCUT2D eigenvalue weighted by atomic mass is 9.87. The molecule has 0 bridgehead atoms. The molecule has 1 aliphatic rings. The average Bonchev–Trinajstić information content (AvgIpc) is 2.78. The first kappa shape index (κ1) is 10.5. The predicted octanol–water partition coefficient (Wildman–Crippen LogP) is 5.15. The van der Waals surface area contributed by atoms with Gasteiger partial charge in [0.05, 0.1) is 5.02 Å². The number of nitrogens with zero attached hydrogens (tertiary/aromatic N) is 2. The molecule has 2 heterocycles. The molecule has 3 nitrogen and oxygen atoms in total. The Hall–Kier alpha value is -2.01. The third-order valence-corrected chi connectivity index (χ3v) is 4.06. The van der Waals surface area contributed by atoms with Crippen molar-refractivity contribution in [2.75, 3.05) is 13.0 Å². The fourth-order valence-corrected chi connectivity index (χ4v) is 2.46. The standard InChI is InChI=1S/C21H23ClF2N2O/c1-15-4-6-17(25-14-15)3-2-8-21(24)9-11-26(12-10-21)20(27)16-5-7-19(23)18(22)13-16/h4-7,13-14H,2-3,8-12H2,1H3/i8D2,9D2,10D2,11D2,12D2. The molecule has 0 unspecified atom stereocenters. The van der Waals surface area contributed by atoms with Gasteiger partial charge in [-0.1, -0.05) is 17.7 Å². The lowest BCUT2D eigenvalue weighted by Crippen LogP contribution is -2.44. The molecule has 3 rings (SSSR count). The molecule has 0 aliphatic carbocycles. The second-order valence-corrected chi connectivity index (χ2v) is 6.31. The van der Waals surface area contributed by atoms with Crippen LogP contribution in [0, 0.1) is 12.7 Å². The highest BCUT2D eigenvalue weighted by Crippen LogP contribution is 2.32. The molecule has 0 spiro atoms. The van der Waals surface area contributed by atoms with Crippen molar-refractivity contribution in [3.63, 3.8) is 0 Å². The van der Waals surface area contributed by atoms with Gasteiger partial charge in [0.25, 0.3) is 5.91 Å². The summed E-state index contributed by atoms with van der Waals surface area (Å²) in [5.74, 6) is -2.61. The summed E-state index contributed by atoms with van der Waals surface area (Å²) in [5, 5.41) is -0.601. The first-order chi connectivity index (χ1) is 16.7. The van der Waals surface area contributed by atoms with Gasteiger partial charge in [0, 0.05) is 44.2 Å². The highest BCUT2D eigenvalue weighted by Gasteiger charge is 2.35. The van der Waals surface area contributed by atoms with Gasteiger partial charge < -0.3 is 4.90 Å². The van der Waals surface area contributed by atoms with E-state index in [-0.39, 0.29) is 12.1 Å². The molecule has 2 aromatic rings. The Morgan fingerprint density at radius 2 is 2.11 bits per heavy atom. The van der Waals surface area contributed by atoms with Crippen LogP contribution in [0.2, 0.25) is 5.02 Å². The van der Waals surface area contributed by atoms with Crippen molar-refractivity contribution in [3.05, 3.63) is 64.2 Å². The van der Waals surface area contributed by atoms with E-state index >= 15 is 4.39 Å². The molecular formula is C21H23ClF2N2O. The molecule has 1 aromatic heterocycles. The SMILES string of the molecule is [2H]C([2H])(CCc1ccc(C)cn1)C1(F)C([2H])([2H])C([2H])([2H])N(C(=O)c2ccc(F)c(Cl)c2)C([2H])([2H])C1([2H])[2H]. The first-order valence-corrected chi connectivity index (χ1v) is 8.45. The summed E-state index contributed by atoms with van der Waals surface area (Å²) in [4.78, 5) is 16.8. The monoisotopic (exact) mass is 402 g/mol. The van der Waals surface area contributed by atoms with Crippen molar-refractivity contribution in [1.29, 1.82) is 0 Å². The normalized spacial score (nSPS) is 29.9. The third-order valence-electron chi connectivity index (χ3n) is 3.77. The summed E-state index contributed by atoms with van der Waals surface area (Å²) in [7, 11) is 0. The number of aromatic nitrogens is 1. The van der Waals surface area contributed by atoms with Crippen LogP contribution in [0.15, 0.2) is 36.5 Å². The van der Waals surface area contributed by atoms with Crippen LogP contribution in [0.4, 0.5) is 8.78 Å². The molecule has 27 heavy (non-hydrogen) atoms. The number of benzene rings is 1. The first-order valence-electron chi connectivity index (χ1n) is 13.1. The number of likely N-dealkylation sites (tertiary alicyclic amines) is 1. The van der Waals surface area contributed by atoms with Gasteiger partial charge in [-0.25, -0.2) is 8.78 Å². The van der Waals surface area contributed by atoms with Gasteiger partial charge in [-0.15, -0.1) is 0 Å². The second-order valence-electron chi connectivity index (χ2n) is 5.91.